The van der Waals surface area contributed by atoms with Crippen LogP contribution in [0.3, 0.4) is 0 Å². The van der Waals surface area contributed by atoms with E-state index < -0.39 is 0 Å². The van der Waals surface area contributed by atoms with Crippen LogP contribution in [0.1, 0.15) is 33.7 Å². The first-order valence-electron chi connectivity index (χ1n) is 7.23. The fraction of sp³-hybridized carbons (Fsp3) is 0.267. The van der Waals surface area contributed by atoms with Gasteiger partial charge in [-0.3, -0.25) is 15.0 Å². The minimum Gasteiger partial charge on any atom is -0.346 e. The first-order chi connectivity index (χ1) is 10.8. The summed E-state index contributed by atoms with van der Waals surface area (Å²) in [6.45, 7) is 0.435. The summed E-state index contributed by atoms with van der Waals surface area (Å²) in [7, 11) is 0. The maximum Gasteiger partial charge on any atom is 0.272 e. The molecule has 0 radical (unpaired) electrons. The molecule has 0 saturated heterocycles. The number of thiophene rings is 1. The van der Waals surface area contributed by atoms with E-state index in [1.54, 1.807) is 17.5 Å². The summed E-state index contributed by atoms with van der Waals surface area (Å²) in [6.07, 6.45) is 4.76. The molecule has 0 atom stereocenters. The summed E-state index contributed by atoms with van der Waals surface area (Å²) < 4.78 is 0. The van der Waals surface area contributed by atoms with Crippen molar-refractivity contribution >= 4 is 17.2 Å². The fourth-order valence-electron chi connectivity index (χ4n) is 2.85. The highest BCUT2D eigenvalue weighted by atomic mass is 32.1. The first-order valence-corrected chi connectivity index (χ1v) is 8.11. The van der Waals surface area contributed by atoms with Crippen molar-refractivity contribution in [2.45, 2.75) is 25.8 Å². The second-order valence-corrected chi connectivity index (χ2v) is 6.26. The maximum absolute atomic E-state index is 12.3. The monoisotopic (exact) mass is 313 g/mol. The zero-order valence-electron chi connectivity index (χ0n) is 11.8. The number of nitrogens with one attached hydrogen (secondary N) is 3. The number of aromatic amines is 2. The Labute approximate surface area is 131 Å². The molecule has 0 saturated carbocycles. The second-order valence-electron chi connectivity index (χ2n) is 5.31. The summed E-state index contributed by atoms with van der Waals surface area (Å²) in [4.78, 5) is 13.5. The van der Waals surface area contributed by atoms with Crippen LogP contribution in [0.15, 0.2) is 23.7 Å². The third-order valence-electron chi connectivity index (χ3n) is 3.95. The van der Waals surface area contributed by atoms with E-state index in [2.05, 4.69) is 25.7 Å². The lowest BCUT2D eigenvalue weighted by Gasteiger charge is -2.04. The van der Waals surface area contributed by atoms with E-state index in [-0.39, 0.29) is 5.91 Å². The normalized spacial score (nSPS) is 13.3. The predicted molar refractivity (Wildman–Crippen MR) is 83.7 cm³/mol. The van der Waals surface area contributed by atoms with E-state index in [9.17, 15) is 4.79 Å². The lowest BCUT2D eigenvalue weighted by atomic mass is 10.2. The standard InChI is InChI=1S/C15H15N5OS/c21-15(14-10-3-1-4-11(10)18-20-14)16-7-9-8-17-19-13(9)12-5-2-6-22-12/h2,5-6,8H,1,3-4,7H2,(H,16,21)(H,17,19)(H,18,20). The van der Waals surface area contributed by atoms with E-state index in [1.165, 1.54) is 0 Å². The van der Waals surface area contributed by atoms with E-state index in [1.807, 2.05) is 17.5 Å². The number of carbonyl (C=O) groups is 1. The molecule has 0 spiro atoms. The molecule has 0 aromatic carbocycles. The first kappa shape index (κ1) is 13.3. The summed E-state index contributed by atoms with van der Waals surface area (Å²) in [5.41, 5.74) is 4.65. The van der Waals surface area contributed by atoms with E-state index >= 15 is 0 Å². The van der Waals surface area contributed by atoms with E-state index in [0.29, 0.717) is 12.2 Å². The number of hydrogen-bond acceptors (Lipinski definition) is 4. The zero-order valence-corrected chi connectivity index (χ0v) is 12.7. The summed E-state index contributed by atoms with van der Waals surface area (Å²) in [5, 5.41) is 19.2. The average Bonchev–Trinajstić information content (AvgIpc) is 3.27. The Hall–Kier alpha value is -2.41. The van der Waals surface area contributed by atoms with Crippen molar-refractivity contribution in [1.29, 1.82) is 0 Å². The van der Waals surface area contributed by atoms with Crippen LogP contribution in [0.2, 0.25) is 0 Å². The Morgan fingerprint density at radius 1 is 1.36 bits per heavy atom. The molecule has 4 rings (SSSR count). The molecule has 0 fully saturated rings. The van der Waals surface area contributed by atoms with Gasteiger partial charge in [-0.2, -0.15) is 10.2 Å². The van der Waals surface area contributed by atoms with Crippen molar-refractivity contribution in [3.05, 3.63) is 46.2 Å². The largest absolute Gasteiger partial charge is 0.346 e. The third-order valence-corrected chi connectivity index (χ3v) is 4.83. The van der Waals surface area contributed by atoms with Crippen LogP contribution < -0.4 is 5.32 Å². The molecule has 3 aromatic rings. The molecule has 7 heteroatoms. The average molecular weight is 313 g/mol. The Kier molecular flexibility index (Phi) is 3.27. The molecule has 0 unspecified atom stereocenters. The number of nitrogens with zero attached hydrogens (tertiary/aromatic N) is 2. The van der Waals surface area contributed by atoms with Crippen molar-refractivity contribution < 1.29 is 4.79 Å². The number of amides is 1. The molecular formula is C15H15N5OS. The van der Waals surface area contributed by atoms with Crippen molar-refractivity contribution in [3.8, 4) is 10.6 Å². The van der Waals surface area contributed by atoms with Crippen molar-refractivity contribution in [2.24, 2.45) is 0 Å². The van der Waals surface area contributed by atoms with Crippen molar-refractivity contribution in [1.82, 2.24) is 25.7 Å². The molecule has 1 amide bonds. The van der Waals surface area contributed by atoms with Gasteiger partial charge in [0.15, 0.2) is 5.69 Å². The number of hydrogen-bond donors (Lipinski definition) is 3. The number of aryl methyl sites for hydroxylation is 1. The molecule has 0 aliphatic heterocycles. The molecular weight excluding hydrogens is 298 g/mol. The Balaban J connectivity index is 1.49. The number of H-pyrrole nitrogens is 2. The number of fused-ring (bicyclic) bond motifs is 1. The Morgan fingerprint density at radius 3 is 3.18 bits per heavy atom. The highest BCUT2D eigenvalue weighted by Gasteiger charge is 2.23. The molecule has 3 heterocycles. The van der Waals surface area contributed by atoms with Crippen LogP contribution >= 0.6 is 11.3 Å². The van der Waals surface area contributed by atoms with Gasteiger partial charge in [0.05, 0.1) is 16.8 Å². The Morgan fingerprint density at radius 2 is 2.32 bits per heavy atom. The number of rotatable bonds is 4. The minimum atomic E-state index is -0.127. The molecule has 112 valence electrons. The summed E-state index contributed by atoms with van der Waals surface area (Å²) >= 11 is 1.64. The molecule has 1 aliphatic rings. The van der Waals surface area contributed by atoms with Gasteiger partial charge < -0.3 is 5.32 Å². The van der Waals surface area contributed by atoms with Gasteiger partial charge in [0.2, 0.25) is 0 Å². The van der Waals surface area contributed by atoms with Gasteiger partial charge in [-0.1, -0.05) is 6.07 Å². The zero-order chi connectivity index (χ0) is 14.9. The van der Waals surface area contributed by atoms with E-state index in [4.69, 9.17) is 0 Å². The van der Waals surface area contributed by atoms with Gasteiger partial charge in [-0.05, 0) is 30.7 Å². The smallest absolute Gasteiger partial charge is 0.272 e. The second kappa shape index (κ2) is 5.42. The highest BCUT2D eigenvalue weighted by Crippen LogP contribution is 2.26. The lowest BCUT2D eigenvalue weighted by molar-refractivity contribution is 0.0945. The van der Waals surface area contributed by atoms with E-state index in [0.717, 1.165) is 46.7 Å². The van der Waals surface area contributed by atoms with Crippen LogP contribution in [0.5, 0.6) is 0 Å². The van der Waals surface area contributed by atoms with Crippen LogP contribution in [0.4, 0.5) is 0 Å². The van der Waals surface area contributed by atoms with Gasteiger partial charge in [-0.25, -0.2) is 0 Å². The molecule has 22 heavy (non-hydrogen) atoms. The van der Waals surface area contributed by atoms with Gasteiger partial charge in [0, 0.05) is 23.4 Å². The van der Waals surface area contributed by atoms with Gasteiger partial charge in [0.25, 0.3) is 5.91 Å². The topological polar surface area (TPSA) is 86.5 Å². The van der Waals surface area contributed by atoms with Crippen LogP contribution in [0.25, 0.3) is 10.6 Å². The summed E-state index contributed by atoms with van der Waals surface area (Å²) in [6, 6.07) is 4.03. The number of carbonyl (C=O) groups excluding carboxylic acids is 1. The van der Waals surface area contributed by atoms with Crippen LogP contribution in [-0.4, -0.2) is 26.3 Å². The number of aromatic nitrogens is 4. The quantitative estimate of drug-likeness (QED) is 0.690. The van der Waals surface area contributed by atoms with Crippen molar-refractivity contribution in [2.75, 3.05) is 0 Å². The van der Waals surface area contributed by atoms with Crippen LogP contribution in [-0.2, 0) is 19.4 Å². The lowest BCUT2D eigenvalue weighted by Crippen LogP contribution is -2.24. The SMILES string of the molecule is O=C(NCc1cn[nH]c1-c1cccs1)c1n[nH]c2c1CCC2. The summed E-state index contributed by atoms with van der Waals surface area (Å²) in [5.74, 6) is -0.127. The molecule has 1 aliphatic carbocycles. The third kappa shape index (κ3) is 2.23. The van der Waals surface area contributed by atoms with Gasteiger partial charge in [0.1, 0.15) is 0 Å². The molecule has 0 bridgehead atoms. The maximum atomic E-state index is 12.3. The molecule has 3 aromatic heterocycles. The molecule has 3 N–H and O–H groups in total. The highest BCUT2D eigenvalue weighted by molar-refractivity contribution is 7.13. The fourth-order valence-corrected chi connectivity index (χ4v) is 3.60. The van der Waals surface area contributed by atoms with Gasteiger partial charge >= 0.3 is 0 Å². The van der Waals surface area contributed by atoms with Crippen LogP contribution in [0, 0.1) is 0 Å². The molecule has 6 nitrogen and oxygen atoms in total. The van der Waals surface area contributed by atoms with Crippen molar-refractivity contribution in [3.63, 3.8) is 0 Å². The predicted octanol–water partition coefficient (Wildman–Crippen LogP) is 2.28. The van der Waals surface area contributed by atoms with Gasteiger partial charge in [-0.15, -0.1) is 11.3 Å². The minimum absolute atomic E-state index is 0.127. The Bertz CT molecular complexity index is 802.